The second kappa shape index (κ2) is 19.7. The number of benzene rings is 15. The largest absolute Gasteiger partial charge is 0.456 e. The van der Waals surface area contributed by atoms with Crippen molar-refractivity contribution in [3.05, 3.63) is 331 Å². The molecule has 7 nitrogen and oxygen atoms in total. The number of anilines is 9. The second-order valence-corrected chi connectivity index (χ2v) is 25.8. The molecule has 0 unspecified atom stereocenters. The summed E-state index contributed by atoms with van der Waals surface area (Å²) < 4.78 is 29.4. The second-order valence-electron chi connectivity index (χ2n) is 25.8. The maximum Gasteiger partial charge on any atom is 0.145 e. The van der Waals surface area contributed by atoms with Crippen molar-refractivity contribution in [3.8, 4) is 11.1 Å². The first-order chi connectivity index (χ1) is 47.5. The average molecular weight is 1230 g/mol. The van der Waals surface area contributed by atoms with Crippen LogP contribution in [-0.4, -0.2) is 0 Å². The van der Waals surface area contributed by atoms with Gasteiger partial charge in [0.1, 0.15) is 44.7 Å². The molecule has 0 saturated carbocycles. The average Bonchev–Trinajstić information content (AvgIpc) is 1.47. The van der Waals surface area contributed by atoms with Gasteiger partial charge in [0.15, 0.2) is 0 Å². The van der Waals surface area contributed by atoms with Crippen LogP contribution < -0.4 is 14.7 Å². The standard InChI is InChI=1S/C89H55N3O4/c1-52-22-6-16-34-69(52)91(57-42-44-63-79(48-57)93-77-46-40-54-24-8-10-28-59(54)81(63)77)73-50-67-85(87-83(73)61-30-12-20-38-75(61)95-87)86-68(89(67)65-32-14-18-36-71(65)90(56-26-4-3-5-27-56)72-37-19-15-33-66(72)89)51-74(84-62-31-13-21-39-76(62)96-88(84)86)92(70-35-17-7-23-53(70)2)58-43-45-64-80(49-58)94-78-47-41-55-25-9-11-29-60(55)82(64)78/h3-51H,1-2H3. The van der Waals surface area contributed by atoms with Crippen molar-refractivity contribution >= 4 is 160 Å². The van der Waals surface area contributed by atoms with E-state index in [1.54, 1.807) is 0 Å². The Balaban J connectivity index is 0.928. The fourth-order valence-electron chi connectivity index (χ4n) is 16.8. The molecule has 0 bridgehead atoms. The van der Waals surface area contributed by atoms with Crippen LogP contribution in [-0.2, 0) is 5.41 Å². The van der Waals surface area contributed by atoms with Crippen LogP contribution in [0.15, 0.2) is 315 Å². The van der Waals surface area contributed by atoms with Gasteiger partial charge in [-0.05, 0) is 166 Å². The molecule has 1 aliphatic heterocycles. The number of hydrogen-bond acceptors (Lipinski definition) is 7. The minimum absolute atomic E-state index is 0.769. The van der Waals surface area contributed by atoms with Crippen LogP contribution in [0.2, 0.25) is 0 Å². The summed E-state index contributed by atoms with van der Waals surface area (Å²) in [6, 6.07) is 108. The van der Waals surface area contributed by atoms with Crippen molar-refractivity contribution in [1.82, 2.24) is 0 Å². The van der Waals surface area contributed by atoms with Crippen molar-refractivity contribution < 1.29 is 17.7 Å². The lowest BCUT2D eigenvalue weighted by molar-refractivity contribution is 0.665. The van der Waals surface area contributed by atoms with Crippen LogP contribution in [0, 0.1) is 13.8 Å². The zero-order valence-electron chi connectivity index (χ0n) is 52.3. The summed E-state index contributed by atoms with van der Waals surface area (Å²) in [4.78, 5) is 7.36. The van der Waals surface area contributed by atoms with E-state index in [1.165, 1.54) is 10.8 Å². The molecule has 0 N–H and O–H groups in total. The quantitative estimate of drug-likeness (QED) is 0.158. The molecule has 1 aliphatic carbocycles. The SMILES string of the molecule is Cc1ccccc1N(c1ccc2c(c1)oc1ccc3ccccc3c12)c1cc2c(c3oc4ccccc4c13)-c1c(cc(N(c3ccc4c(c3)oc3ccc5ccccc5c34)c3ccccc3C)c3c1oc1ccccc13)C21c2ccccc2N(c2ccccc2)c2ccccc21. The molecule has 0 fully saturated rings. The van der Waals surface area contributed by atoms with E-state index in [9.17, 15) is 0 Å². The van der Waals surface area contributed by atoms with E-state index < -0.39 is 5.41 Å². The van der Waals surface area contributed by atoms with Crippen LogP contribution in [0.1, 0.15) is 33.4 Å². The number of rotatable bonds is 7. The molecule has 450 valence electrons. The first-order valence-electron chi connectivity index (χ1n) is 32.9. The van der Waals surface area contributed by atoms with Gasteiger partial charge in [-0.2, -0.15) is 0 Å². The summed E-state index contributed by atoms with van der Waals surface area (Å²) >= 11 is 0. The van der Waals surface area contributed by atoms with E-state index in [-0.39, 0.29) is 0 Å². The molecule has 0 radical (unpaired) electrons. The van der Waals surface area contributed by atoms with Crippen LogP contribution in [0.5, 0.6) is 0 Å². The van der Waals surface area contributed by atoms with Gasteiger partial charge in [-0.25, -0.2) is 0 Å². The van der Waals surface area contributed by atoms with Crippen LogP contribution in [0.3, 0.4) is 0 Å². The minimum atomic E-state index is -1.05. The predicted molar refractivity (Wildman–Crippen MR) is 395 cm³/mol. The van der Waals surface area contributed by atoms with E-state index in [4.69, 9.17) is 17.7 Å². The monoisotopic (exact) mass is 1230 g/mol. The maximum atomic E-state index is 7.73. The van der Waals surface area contributed by atoms with Gasteiger partial charge in [-0.15, -0.1) is 0 Å². The lowest BCUT2D eigenvalue weighted by Gasteiger charge is -2.45. The summed E-state index contributed by atoms with van der Waals surface area (Å²) in [7, 11) is 0. The number of fused-ring (bicyclic) bond motifs is 27. The highest BCUT2D eigenvalue weighted by molar-refractivity contribution is 6.27. The van der Waals surface area contributed by atoms with Crippen LogP contribution >= 0.6 is 0 Å². The van der Waals surface area contributed by atoms with Crippen LogP contribution in [0.25, 0.3) is 120 Å². The van der Waals surface area contributed by atoms with Gasteiger partial charge in [0.2, 0.25) is 0 Å². The molecule has 5 heterocycles. The number of furan rings is 4. The number of hydrogen-bond donors (Lipinski definition) is 0. The lowest BCUT2D eigenvalue weighted by Crippen LogP contribution is -2.36. The highest BCUT2D eigenvalue weighted by atomic mass is 16.3. The molecule has 0 saturated heterocycles. The first kappa shape index (κ1) is 53.0. The smallest absolute Gasteiger partial charge is 0.145 e. The molecule has 21 rings (SSSR count). The number of para-hydroxylation sites is 7. The van der Waals surface area contributed by atoms with Crippen molar-refractivity contribution in [3.63, 3.8) is 0 Å². The van der Waals surface area contributed by atoms with E-state index >= 15 is 0 Å². The van der Waals surface area contributed by atoms with E-state index in [0.29, 0.717) is 0 Å². The molecule has 4 aromatic heterocycles. The molecule has 7 heteroatoms. The predicted octanol–water partition coefficient (Wildman–Crippen LogP) is 25.3. The van der Waals surface area contributed by atoms with Crippen molar-refractivity contribution in [2.24, 2.45) is 0 Å². The van der Waals surface area contributed by atoms with E-state index in [0.717, 1.165) is 194 Å². The molecule has 1 spiro atoms. The zero-order chi connectivity index (χ0) is 63.1. The summed E-state index contributed by atoms with van der Waals surface area (Å²) in [6.45, 7) is 4.42. The highest BCUT2D eigenvalue weighted by Crippen LogP contribution is 2.68. The molecule has 0 atom stereocenters. The number of nitrogens with zero attached hydrogens (tertiary/aromatic N) is 3. The Morgan fingerprint density at radius 2 is 0.688 bits per heavy atom. The number of aryl methyl sites for hydroxylation is 2. The minimum Gasteiger partial charge on any atom is -0.456 e. The first-order valence-corrected chi connectivity index (χ1v) is 32.9. The van der Waals surface area contributed by atoms with Crippen molar-refractivity contribution in [1.29, 1.82) is 0 Å². The summed E-state index contributed by atoms with van der Waals surface area (Å²) in [5.74, 6) is 0. The van der Waals surface area contributed by atoms with Gasteiger partial charge in [0.25, 0.3) is 0 Å². The normalized spacial score (nSPS) is 13.2. The van der Waals surface area contributed by atoms with Gasteiger partial charge in [0, 0.05) is 84.0 Å². The maximum absolute atomic E-state index is 7.73. The molecular formula is C89H55N3O4. The summed E-state index contributed by atoms with van der Waals surface area (Å²) in [5.41, 5.74) is 23.0. The zero-order valence-corrected chi connectivity index (χ0v) is 52.3. The summed E-state index contributed by atoms with van der Waals surface area (Å²) in [6.07, 6.45) is 0. The Hall–Kier alpha value is -12.6. The van der Waals surface area contributed by atoms with E-state index in [2.05, 4.69) is 326 Å². The lowest BCUT2D eigenvalue weighted by atomic mass is 9.64. The van der Waals surface area contributed by atoms with E-state index in [1.807, 2.05) is 0 Å². The topological polar surface area (TPSA) is 62.3 Å². The van der Waals surface area contributed by atoms with Crippen molar-refractivity contribution in [2.45, 2.75) is 19.3 Å². The Kier molecular flexibility index (Phi) is 10.9. The van der Waals surface area contributed by atoms with Crippen LogP contribution in [0.4, 0.5) is 51.2 Å². The fraction of sp³-hybridized carbons (Fsp3) is 0.0337. The third-order valence-corrected chi connectivity index (χ3v) is 20.8. The molecule has 96 heavy (non-hydrogen) atoms. The Morgan fingerprint density at radius 1 is 0.281 bits per heavy atom. The van der Waals surface area contributed by atoms with Crippen molar-refractivity contribution in [2.75, 3.05) is 14.7 Å². The molecule has 0 amide bonds. The Bertz CT molecular complexity index is 6170. The van der Waals surface area contributed by atoms with Gasteiger partial charge in [0.05, 0.1) is 38.9 Å². The van der Waals surface area contributed by atoms with Gasteiger partial charge in [-0.3, -0.25) is 0 Å². The fourth-order valence-corrected chi connectivity index (χ4v) is 16.8. The highest BCUT2D eigenvalue weighted by Gasteiger charge is 2.55. The molecule has 2 aliphatic rings. The van der Waals surface area contributed by atoms with Gasteiger partial charge < -0.3 is 32.4 Å². The third-order valence-electron chi connectivity index (χ3n) is 20.8. The third kappa shape index (κ3) is 7.15. The van der Waals surface area contributed by atoms with Gasteiger partial charge >= 0.3 is 0 Å². The Labute approximate surface area is 550 Å². The molecule has 15 aromatic carbocycles. The van der Waals surface area contributed by atoms with Gasteiger partial charge in [-0.1, -0.05) is 188 Å². The molecule has 19 aromatic rings. The molecular weight excluding hydrogens is 1170 g/mol. The Morgan fingerprint density at radius 3 is 1.18 bits per heavy atom. The summed E-state index contributed by atoms with van der Waals surface area (Å²) in [5, 5.41) is 13.0.